The van der Waals surface area contributed by atoms with Gasteiger partial charge in [0, 0.05) is 0 Å². The number of hydrogen-bond donors (Lipinski definition) is 2. The number of nitrogens with one attached hydrogen (secondary N) is 1. The van der Waals surface area contributed by atoms with Crippen molar-refractivity contribution >= 4 is 46.4 Å². The van der Waals surface area contributed by atoms with E-state index in [-0.39, 0.29) is 27.2 Å². The van der Waals surface area contributed by atoms with Crippen molar-refractivity contribution in [2.75, 3.05) is 5.32 Å². The lowest BCUT2D eigenvalue weighted by Gasteiger charge is -2.23. The predicted molar refractivity (Wildman–Crippen MR) is 89.5 cm³/mol. The van der Waals surface area contributed by atoms with Crippen molar-refractivity contribution in [3.63, 3.8) is 0 Å². The summed E-state index contributed by atoms with van der Waals surface area (Å²) in [5.74, 6) is -0.306. The first-order chi connectivity index (χ1) is 10.6. The van der Waals surface area contributed by atoms with Crippen LogP contribution in [0.5, 0.6) is 0 Å². The number of primary amides is 1. The molecule has 0 aliphatic carbocycles. The molecule has 9 heteroatoms. The highest BCUT2D eigenvalue weighted by molar-refractivity contribution is 6.37. The van der Waals surface area contributed by atoms with Crippen molar-refractivity contribution in [3.05, 3.63) is 39.4 Å². The van der Waals surface area contributed by atoms with Crippen LogP contribution in [-0.4, -0.2) is 20.7 Å². The number of rotatable bonds is 3. The van der Waals surface area contributed by atoms with E-state index in [2.05, 4.69) is 20.2 Å². The average Bonchev–Trinajstić information content (AvgIpc) is 2.79. The number of pyridine rings is 1. The standard InChI is InChI=1S/C14H14Cl2N6O/c1-14(2,3)22-13(8(18-4)6-19-22)21-12-10(11(17)23)7(15)5-9(16)20-12/h5-6H,1-3H3,(H2,17,23)(H,20,21). The van der Waals surface area contributed by atoms with Gasteiger partial charge in [-0.1, -0.05) is 23.2 Å². The van der Waals surface area contributed by atoms with E-state index in [4.69, 9.17) is 35.5 Å². The second-order valence-corrected chi connectivity index (χ2v) is 6.51. The normalized spacial score (nSPS) is 11.1. The number of amides is 1. The fourth-order valence-electron chi connectivity index (χ4n) is 1.97. The van der Waals surface area contributed by atoms with Crippen LogP contribution in [0.4, 0.5) is 17.3 Å². The van der Waals surface area contributed by atoms with Crippen molar-refractivity contribution in [2.45, 2.75) is 26.3 Å². The third-order valence-corrected chi connectivity index (χ3v) is 3.42. The summed E-state index contributed by atoms with van der Waals surface area (Å²) < 4.78 is 1.61. The molecular formula is C14H14Cl2N6O. The first kappa shape index (κ1) is 17.1. The quantitative estimate of drug-likeness (QED) is 0.650. The summed E-state index contributed by atoms with van der Waals surface area (Å²) in [4.78, 5) is 19.1. The summed E-state index contributed by atoms with van der Waals surface area (Å²) in [5.41, 5.74) is 5.22. The van der Waals surface area contributed by atoms with Crippen molar-refractivity contribution < 1.29 is 4.79 Å². The number of carbonyl (C=O) groups is 1. The van der Waals surface area contributed by atoms with Gasteiger partial charge in [0.15, 0.2) is 0 Å². The summed E-state index contributed by atoms with van der Waals surface area (Å²) >= 11 is 11.9. The third kappa shape index (κ3) is 3.38. The summed E-state index contributed by atoms with van der Waals surface area (Å²) in [7, 11) is 0. The Balaban J connectivity index is 2.63. The van der Waals surface area contributed by atoms with Crippen LogP contribution in [0.15, 0.2) is 12.3 Å². The Kier molecular flexibility index (Phi) is 4.50. The second kappa shape index (κ2) is 6.07. The zero-order valence-corrected chi connectivity index (χ0v) is 14.2. The third-order valence-electron chi connectivity index (χ3n) is 2.93. The topological polar surface area (TPSA) is 90.2 Å². The molecule has 2 aromatic heterocycles. The number of halogens is 2. The minimum atomic E-state index is -0.757. The monoisotopic (exact) mass is 352 g/mol. The molecule has 2 heterocycles. The van der Waals surface area contributed by atoms with Gasteiger partial charge in [-0.3, -0.25) is 9.48 Å². The van der Waals surface area contributed by atoms with Crippen LogP contribution in [0, 0.1) is 6.57 Å². The van der Waals surface area contributed by atoms with E-state index >= 15 is 0 Å². The Hall–Kier alpha value is -2.30. The first-order valence-electron chi connectivity index (χ1n) is 6.54. The second-order valence-electron chi connectivity index (χ2n) is 5.71. The zero-order chi connectivity index (χ0) is 17.4. The lowest BCUT2D eigenvalue weighted by atomic mass is 10.1. The molecule has 1 amide bonds. The highest BCUT2D eigenvalue weighted by Crippen LogP contribution is 2.34. The van der Waals surface area contributed by atoms with Crippen LogP contribution < -0.4 is 11.1 Å². The predicted octanol–water partition coefficient (Wildman–Crippen LogP) is 3.73. The molecule has 0 saturated heterocycles. The van der Waals surface area contributed by atoms with Gasteiger partial charge in [-0.2, -0.15) is 5.10 Å². The number of aromatic nitrogens is 3. The summed E-state index contributed by atoms with van der Waals surface area (Å²) in [6.45, 7) is 13.0. The van der Waals surface area contributed by atoms with Gasteiger partial charge >= 0.3 is 0 Å². The van der Waals surface area contributed by atoms with E-state index < -0.39 is 11.4 Å². The highest BCUT2D eigenvalue weighted by Gasteiger charge is 2.24. The maximum atomic E-state index is 11.7. The van der Waals surface area contributed by atoms with Crippen molar-refractivity contribution in [1.29, 1.82) is 0 Å². The number of anilines is 2. The Labute approximate surface area is 143 Å². The summed E-state index contributed by atoms with van der Waals surface area (Å²) in [6.07, 6.45) is 1.43. The van der Waals surface area contributed by atoms with Crippen LogP contribution in [0.2, 0.25) is 10.2 Å². The molecule has 0 aliphatic rings. The van der Waals surface area contributed by atoms with E-state index in [1.807, 2.05) is 20.8 Å². The molecule has 120 valence electrons. The van der Waals surface area contributed by atoms with Gasteiger partial charge in [0.1, 0.15) is 22.4 Å². The molecule has 0 unspecified atom stereocenters. The van der Waals surface area contributed by atoms with Crippen LogP contribution in [0.1, 0.15) is 31.1 Å². The molecule has 0 aromatic carbocycles. The molecule has 0 aliphatic heterocycles. The maximum absolute atomic E-state index is 11.7. The van der Waals surface area contributed by atoms with Gasteiger partial charge in [-0.15, -0.1) is 0 Å². The van der Waals surface area contributed by atoms with Gasteiger partial charge in [-0.05, 0) is 26.8 Å². The number of carbonyl (C=O) groups excluding carboxylic acids is 1. The molecule has 0 spiro atoms. The van der Waals surface area contributed by atoms with E-state index in [1.54, 1.807) is 4.68 Å². The summed E-state index contributed by atoms with van der Waals surface area (Å²) in [6, 6.07) is 1.32. The lowest BCUT2D eigenvalue weighted by molar-refractivity contribution is 0.100. The number of nitrogens with zero attached hydrogens (tertiary/aromatic N) is 4. The zero-order valence-electron chi connectivity index (χ0n) is 12.7. The first-order valence-corrected chi connectivity index (χ1v) is 7.29. The van der Waals surface area contributed by atoms with Crippen LogP contribution in [-0.2, 0) is 5.54 Å². The van der Waals surface area contributed by atoms with E-state index in [9.17, 15) is 4.79 Å². The van der Waals surface area contributed by atoms with Gasteiger partial charge in [0.05, 0.1) is 23.3 Å². The molecule has 0 fully saturated rings. The average molecular weight is 353 g/mol. The Morgan fingerprint density at radius 3 is 2.61 bits per heavy atom. The largest absolute Gasteiger partial charge is 0.365 e. The molecule has 0 bridgehead atoms. The minimum Gasteiger partial charge on any atom is -0.365 e. The van der Waals surface area contributed by atoms with Crippen molar-refractivity contribution in [2.24, 2.45) is 5.73 Å². The van der Waals surface area contributed by atoms with Crippen molar-refractivity contribution in [1.82, 2.24) is 14.8 Å². The smallest absolute Gasteiger partial charge is 0.253 e. The van der Waals surface area contributed by atoms with Crippen molar-refractivity contribution in [3.8, 4) is 0 Å². The van der Waals surface area contributed by atoms with Crippen LogP contribution in [0.25, 0.3) is 4.85 Å². The van der Waals surface area contributed by atoms with Gasteiger partial charge in [0.2, 0.25) is 5.69 Å². The van der Waals surface area contributed by atoms with E-state index in [0.717, 1.165) is 0 Å². The molecule has 7 nitrogen and oxygen atoms in total. The Morgan fingerprint density at radius 1 is 1.43 bits per heavy atom. The highest BCUT2D eigenvalue weighted by atomic mass is 35.5. The fourth-order valence-corrected chi connectivity index (χ4v) is 2.50. The molecule has 0 saturated carbocycles. The SMILES string of the molecule is [C-]#[N+]c1cnn(C(C)(C)C)c1Nc1nc(Cl)cc(Cl)c1C(N)=O. The number of hydrogen-bond acceptors (Lipinski definition) is 4. The lowest BCUT2D eigenvalue weighted by Crippen LogP contribution is -2.25. The minimum absolute atomic E-state index is 0.00587. The van der Waals surface area contributed by atoms with E-state index in [0.29, 0.717) is 5.82 Å². The molecule has 0 atom stereocenters. The molecule has 2 rings (SSSR count). The summed E-state index contributed by atoms with van der Waals surface area (Å²) in [5, 5.41) is 7.29. The number of nitrogens with two attached hydrogens (primary N) is 1. The van der Waals surface area contributed by atoms with Gasteiger partial charge in [-0.25, -0.2) is 9.83 Å². The van der Waals surface area contributed by atoms with Crippen LogP contribution in [0.3, 0.4) is 0 Å². The molecule has 23 heavy (non-hydrogen) atoms. The van der Waals surface area contributed by atoms with Gasteiger partial charge in [0.25, 0.3) is 5.91 Å². The molecule has 3 N–H and O–H groups in total. The fraction of sp³-hybridized carbons (Fsp3) is 0.286. The van der Waals surface area contributed by atoms with Crippen LogP contribution >= 0.6 is 23.2 Å². The van der Waals surface area contributed by atoms with E-state index in [1.165, 1.54) is 12.3 Å². The Bertz CT molecular complexity index is 816. The van der Waals surface area contributed by atoms with Gasteiger partial charge < -0.3 is 11.1 Å². The molecule has 0 radical (unpaired) electrons. The molecule has 2 aromatic rings. The Morgan fingerprint density at radius 2 is 2.09 bits per heavy atom. The maximum Gasteiger partial charge on any atom is 0.253 e. The molecular weight excluding hydrogens is 339 g/mol.